The van der Waals surface area contributed by atoms with Gasteiger partial charge in [0.25, 0.3) is 0 Å². The summed E-state index contributed by atoms with van der Waals surface area (Å²) in [6, 6.07) is 2.17. The van der Waals surface area contributed by atoms with Crippen molar-refractivity contribution in [2.45, 2.75) is 32.2 Å². The van der Waals surface area contributed by atoms with Crippen LogP contribution in [-0.2, 0) is 17.7 Å². The Bertz CT molecular complexity index is 454. The first-order valence-electron chi connectivity index (χ1n) is 7.52. The van der Waals surface area contributed by atoms with E-state index in [1.165, 1.54) is 29.7 Å². The first-order valence-corrected chi connectivity index (χ1v) is 8.40. The molecular weight excluding hydrogens is 272 g/mol. The summed E-state index contributed by atoms with van der Waals surface area (Å²) in [4.78, 5) is 17.6. The predicted molar refractivity (Wildman–Crippen MR) is 80.1 cm³/mol. The third-order valence-electron chi connectivity index (χ3n) is 4.16. The lowest BCUT2D eigenvalue weighted by Crippen LogP contribution is -2.38. The Balaban J connectivity index is 1.41. The molecule has 2 aliphatic rings. The van der Waals surface area contributed by atoms with E-state index in [0.29, 0.717) is 6.61 Å². The summed E-state index contributed by atoms with van der Waals surface area (Å²) < 4.78 is 5.43. The summed E-state index contributed by atoms with van der Waals surface area (Å²) in [5.74, 6) is 0. The number of likely N-dealkylation sites (tertiary alicyclic amines) is 1. The SMILES string of the molecule is O=C(OCCN1CCCCC1)N1CCc2ccsc2C1. The van der Waals surface area contributed by atoms with Gasteiger partial charge in [-0.3, -0.25) is 4.90 Å². The summed E-state index contributed by atoms with van der Waals surface area (Å²) in [7, 11) is 0. The third kappa shape index (κ3) is 3.33. The molecule has 1 amide bonds. The minimum Gasteiger partial charge on any atom is -0.448 e. The van der Waals surface area contributed by atoms with E-state index in [-0.39, 0.29) is 6.09 Å². The number of ether oxygens (including phenoxy) is 1. The highest BCUT2D eigenvalue weighted by molar-refractivity contribution is 7.10. The zero-order chi connectivity index (χ0) is 13.8. The van der Waals surface area contributed by atoms with Gasteiger partial charge in [0.15, 0.2) is 0 Å². The van der Waals surface area contributed by atoms with Gasteiger partial charge in [0.2, 0.25) is 0 Å². The van der Waals surface area contributed by atoms with E-state index in [2.05, 4.69) is 16.3 Å². The van der Waals surface area contributed by atoms with Gasteiger partial charge >= 0.3 is 6.09 Å². The van der Waals surface area contributed by atoms with Crippen molar-refractivity contribution in [2.75, 3.05) is 32.8 Å². The average molecular weight is 294 g/mol. The van der Waals surface area contributed by atoms with Gasteiger partial charge in [-0.05, 0) is 49.4 Å². The van der Waals surface area contributed by atoms with Crippen molar-refractivity contribution in [2.24, 2.45) is 0 Å². The summed E-state index contributed by atoms with van der Waals surface area (Å²) in [6.45, 7) is 5.21. The molecule has 20 heavy (non-hydrogen) atoms. The molecule has 0 spiro atoms. The molecule has 0 aliphatic carbocycles. The second kappa shape index (κ2) is 6.59. The van der Waals surface area contributed by atoms with E-state index >= 15 is 0 Å². The molecule has 0 aromatic carbocycles. The molecule has 0 radical (unpaired) electrons. The van der Waals surface area contributed by atoms with Crippen LogP contribution < -0.4 is 0 Å². The quantitative estimate of drug-likeness (QED) is 0.859. The van der Waals surface area contributed by atoms with Crippen LogP contribution in [0.1, 0.15) is 29.7 Å². The van der Waals surface area contributed by atoms with Crippen molar-refractivity contribution in [1.29, 1.82) is 0 Å². The van der Waals surface area contributed by atoms with E-state index in [1.54, 1.807) is 11.3 Å². The van der Waals surface area contributed by atoms with E-state index in [0.717, 1.165) is 39.1 Å². The highest BCUT2D eigenvalue weighted by Crippen LogP contribution is 2.24. The van der Waals surface area contributed by atoms with E-state index < -0.39 is 0 Å². The summed E-state index contributed by atoms with van der Waals surface area (Å²) >= 11 is 1.74. The predicted octanol–water partition coefficient (Wildman–Crippen LogP) is 2.73. The number of rotatable bonds is 3. The zero-order valence-electron chi connectivity index (χ0n) is 11.8. The normalized spacial score (nSPS) is 19.7. The second-order valence-electron chi connectivity index (χ2n) is 5.56. The maximum atomic E-state index is 12.1. The monoisotopic (exact) mass is 294 g/mol. The molecule has 0 unspecified atom stereocenters. The molecule has 3 heterocycles. The number of carbonyl (C=O) groups is 1. The topological polar surface area (TPSA) is 32.8 Å². The van der Waals surface area contributed by atoms with Crippen LogP contribution >= 0.6 is 11.3 Å². The Morgan fingerprint density at radius 3 is 2.95 bits per heavy atom. The van der Waals surface area contributed by atoms with Crippen LogP contribution in [0, 0.1) is 0 Å². The molecule has 2 aliphatic heterocycles. The lowest BCUT2D eigenvalue weighted by molar-refractivity contribution is 0.0837. The number of hydrogen-bond donors (Lipinski definition) is 0. The van der Waals surface area contributed by atoms with Crippen LogP contribution in [0.25, 0.3) is 0 Å². The van der Waals surface area contributed by atoms with Gasteiger partial charge in [-0.2, -0.15) is 0 Å². The molecule has 0 bridgehead atoms. The maximum Gasteiger partial charge on any atom is 0.410 e. The summed E-state index contributed by atoms with van der Waals surface area (Å²) in [6.07, 6.45) is 4.71. The van der Waals surface area contributed by atoms with Gasteiger partial charge in [0.05, 0.1) is 6.54 Å². The van der Waals surface area contributed by atoms with Crippen molar-refractivity contribution in [3.63, 3.8) is 0 Å². The fourth-order valence-corrected chi connectivity index (χ4v) is 3.88. The fraction of sp³-hybridized carbons (Fsp3) is 0.667. The van der Waals surface area contributed by atoms with E-state index in [9.17, 15) is 4.79 Å². The first-order chi connectivity index (χ1) is 9.83. The number of carbonyl (C=O) groups excluding carboxylic acids is 1. The highest BCUT2D eigenvalue weighted by atomic mass is 32.1. The molecule has 0 N–H and O–H groups in total. The first kappa shape index (κ1) is 13.9. The molecule has 0 atom stereocenters. The molecular formula is C15H22N2O2S. The molecule has 4 nitrogen and oxygen atoms in total. The van der Waals surface area contributed by atoms with Crippen molar-refractivity contribution >= 4 is 17.4 Å². The molecule has 1 aromatic heterocycles. The average Bonchev–Trinajstić information content (AvgIpc) is 2.95. The van der Waals surface area contributed by atoms with Crippen molar-refractivity contribution in [3.8, 4) is 0 Å². The van der Waals surface area contributed by atoms with Gasteiger partial charge < -0.3 is 9.64 Å². The Morgan fingerprint density at radius 2 is 2.10 bits per heavy atom. The number of hydrogen-bond acceptors (Lipinski definition) is 4. The second-order valence-corrected chi connectivity index (χ2v) is 6.56. The maximum absolute atomic E-state index is 12.1. The summed E-state index contributed by atoms with van der Waals surface area (Å²) in [5.41, 5.74) is 1.40. The molecule has 1 saturated heterocycles. The number of amides is 1. The Hall–Kier alpha value is -1.07. The molecule has 110 valence electrons. The van der Waals surface area contributed by atoms with Gasteiger partial charge in [0.1, 0.15) is 6.61 Å². The number of piperidine rings is 1. The largest absolute Gasteiger partial charge is 0.448 e. The standard InChI is InChI=1S/C15H22N2O2S/c18-15(19-10-9-16-6-2-1-3-7-16)17-8-4-13-5-11-20-14(13)12-17/h5,11H,1-4,6-10,12H2. The number of nitrogens with zero attached hydrogens (tertiary/aromatic N) is 2. The molecule has 3 rings (SSSR count). The van der Waals surface area contributed by atoms with Crippen LogP contribution in [-0.4, -0.2) is 48.7 Å². The van der Waals surface area contributed by atoms with Gasteiger partial charge in [0, 0.05) is 18.0 Å². The van der Waals surface area contributed by atoms with Crippen LogP contribution in [0.4, 0.5) is 4.79 Å². The summed E-state index contributed by atoms with van der Waals surface area (Å²) in [5, 5.41) is 2.11. The lowest BCUT2D eigenvalue weighted by Gasteiger charge is -2.28. The van der Waals surface area contributed by atoms with Crippen molar-refractivity contribution in [3.05, 3.63) is 21.9 Å². The third-order valence-corrected chi connectivity index (χ3v) is 5.11. The number of fused-ring (bicyclic) bond motifs is 1. The van der Waals surface area contributed by atoms with Gasteiger partial charge in [-0.25, -0.2) is 4.79 Å². The van der Waals surface area contributed by atoms with Crippen LogP contribution in [0.2, 0.25) is 0 Å². The van der Waals surface area contributed by atoms with Crippen molar-refractivity contribution < 1.29 is 9.53 Å². The molecule has 1 fully saturated rings. The van der Waals surface area contributed by atoms with E-state index in [4.69, 9.17) is 4.74 Å². The zero-order valence-corrected chi connectivity index (χ0v) is 12.7. The highest BCUT2D eigenvalue weighted by Gasteiger charge is 2.22. The van der Waals surface area contributed by atoms with E-state index in [1.807, 2.05) is 4.90 Å². The van der Waals surface area contributed by atoms with Crippen LogP contribution in [0.15, 0.2) is 11.4 Å². The Morgan fingerprint density at radius 1 is 1.25 bits per heavy atom. The van der Waals surface area contributed by atoms with Gasteiger partial charge in [-0.1, -0.05) is 6.42 Å². The minimum atomic E-state index is -0.152. The minimum absolute atomic E-state index is 0.152. The Labute approximate surface area is 124 Å². The van der Waals surface area contributed by atoms with Crippen LogP contribution in [0.3, 0.4) is 0 Å². The van der Waals surface area contributed by atoms with Crippen molar-refractivity contribution in [1.82, 2.24) is 9.80 Å². The van der Waals surface area contributed by atoms with Gasteiger partial charge in [-0.15, -0.1) is 11.3 Å². The fourth-order valence-electron chi connectivity index (χ4n) is 2.93. The molecule has 0 saturated carbocycles. The lowest BCUT2D eigenvalue weighted by atomic mass is 10.1. The molecule has 5 heteroatoms. The smallest absolute Gasteiger partial charge is 0.410 e. The Kier molecular flexibility index (Phi) is 4.58. The number of thiophene rings is 1. The molecule has 1 aromatic rings. The van der Waals surface area contributed by atoms with Crippen LogP contribution in [0.5, 0.6) is 0 Å².